The third-order valence-corrected chi connectivity index (χ3v) is 2.42. The summed E-state index contributed by atoms with van der Waals surface area (Å²) >= 11 is 0. The predicted octanol–water partition coefficient (Wildman–Crippen LogP) is 1.66. The van der Waals surface area contributed by atoms with Crippen molar-refractivity contribution < 1.29 is 9.57 Å². The predicted molar refractivity (Wildman–Crippen MR) is 54.1 cm³/mol. The second-order valence-electron chi connectivity index (χ2n) is 3.38. The molecule has 0 bridgehead atoms. The minimum atomic E-state index is 0.694. The quantitative estimate of drug-likeness (QED) is 0.741. The number of ether oxygens (including phenoxy) is 1. The maximum absolute atomic E-state index is 5.66. The summed E-state index contributed by atoms with van der Waals surface area (Å²) in [6.07, 6.45) is 2.24. The number of hydroxylamine groups is 1. The Hall–Kier alpha value is -1.06. The van der Waals surface area contributed by atoms with E-state index in [1.807, 2.05) is 0 Å². The lowest BCUT2D eigenvalue weighted by molar-refractivity contribution is 0.0857. The molecule has 0 amide bonds. The highest BCUT2D eigenvalue weighted by molar-refractivity contribution is 5.42. The summed E-state index contributed by atoms with van der Waals surface area (Å²) in [6, 6.07) is 6.27. The molecule has 76 valence electrons. The Kier molecular flexibility index (Phi) is 3.01. The van der Waals surface area contributed by atoms with Gasteiger partial charge >= 0.3 is 0 Å². The van der Waals surface area contributed by atoms with Crippen LogP contribution in [0, 0.1) is 0 Å². The van der Waals surface area contributed by atoms with Crippen LogP contribution in [0.5, 0.6) is 5.75 Å². The van der Waals surface area contributed by atoms with E-state index in [2.05, 4.69) is 23.7 Å². The number of rotatable bonds is 3. The van der Waals surface area contributed by atoms with Gasteiger partial charge in [-0.1, -0.05) is 18.2 Å². The van der Waals surface area contributed by atoms with Gasteiger partial charge in [0.25, 0.3) is 0 Å². The molecule has 0 aromatic heterocycles. The SMILES string of the molecule is CONCc1cccc2c1OCCC2. The molecule has 3 nitrogen and oxygen atoms in total. The molecule has 2 rings (SSSR count). The summed E-state index contributed by atoms with van der Waals surface area (Å²) < 4.78 is 5.66. The van der Waals surface area contributed by atoms with E-state index in [9.17, 15) is 0 Å². The van der Waals surface area contributed by atoms with Crippen LogP contribution in [0.1, 0.15) is 17.5 Å². The second kappa shape index (κ2) is 4.44. The fourth-order valence-electron chi connectivity index (χ4n) is 1.75. The zero-order chi connectivity index (χ0) is 9.80. The lowest BCUT2D eigenvalue weighted by atomic mass is 10.0. The van der Waals surface area contributed by atoms with E-state index < -0.39 is 0 Å². The minimum Gasteiger partial charge on any atom is -0.493 e. The average Bonchev–Trinajstić information content (AvgIpc) is 2.26. The lowest BCUT2D eigenvalue weighted by Gasteiger charge is -2.20. The van der Waals surface area contributed by atoms with E-state index in [0.29, 0.717) is 6.54 Å². The third kappa shape index (κ3) is 1.89. The largest absolute Gasteiger partial charge is 0.493 e. The number of benzene rings is 1. The number of fused-ring (bicyclic) bond motifs is 1. The van der Waals surface area contributed by atoms with Crippen LogP contribution in [-0.4, -0.2) is 13.7 Å². The molecule has 1 N–H and O–H groups in total. The monoisotopic (exact) mass is 193 g/mol. The first-order chi connectivity index (χ1) is 6.92. The molecule has 1 aliphatic heterocycles. The molecule has 1 aliphatic rings. The summed E-state index contributed by atoms with van der Waals surface area (Å²) in [6.45, 7) is 1.52. The molecule has 3 heteroatoms. The van der Waals surface area contributed by atoms with Crippen LogP contribution in [0.15, 0.2) is 18.2 Å². The molecule has 0 radical (unpaired) electrons. The summed E-state index contributed by atoms with van der Waals surface area (Å²) in [4.78, 5) is 4.83. The van der Waals surface area contributed by atoms with Gasteiger partial charge < -0.3 is 9.57 Å². The first-order valence-corrected chi connectivity index (χ1v) is 4.91. The van der Waals surface area contributed by atoms with E-state index in [1.165, 1.54) is 11.1 Å². The van der Waals surface area contributed by atoms with Crippen LogP contribution >= 0.6 is 0 Å². The Balaban J connectivity index is 2.21. The van der Waals surface area contributed by atoms with Crippen molar-refractivity contribution in [1.29, 1.82) is 0 Å². The van der Waals surface area contributed by atoms with Crippen molar-refractivity contribution in [2.24, 2.45) is 0 Å². The lowest BCUT2D eigenvalue weighted by Crippen LogP contribution is -2.15. The Morgan fingerprint density at radius 2 is 2.43 bits per heavy atom. The molecule has 1 aromatic carbocycles. The topological polar surface area (TPSA) is 30.5 Å². The standard InChI is InChI=1S/C11H15NO2/c1-13-12-8-10-5-2-4-9-6-3-7-14-11(9)10/h2,4-5,12H,3,6-8H2,1H3. The molecule has 1 aromatic rings. The highest BCUT2D eigenvalue weighted by Crippen LogP contribution is 2.28. The van der Waals surface area contributed by atoms with Gasteiger partial charge in [-0.3, -0.25) is 0 Å². The van der Waals surface area contributed by atoms with Gasteiger partial charge in [0.2, 0.25) is 0 Å². The van der Waals surface area contributed by atoms with Crippen LogP contribution in [-0.2, 0) is 17.8 Å². The Labute approximate surface area is 84.0 Å². The fraction of sp³-hybridized carbons (Fsp3) is 0.455. The van der Waals surface area contributed by atoms with Crippen molar-refractivity contribution >= 4 is 0 Å². The Morgan fingerprint density at radius 3 is 3.29 bits per heavy atom. The first kappa shape index (κ1) is 9.49. The number of hydrogen-bond donors (Lipinski definition) is 1. The number of para-hydroxylation sites is 1. The molecule has 0 aliphatic carbocycles. The van der Waals surface area contributed by atoms with Gasteiger partial charge in [-0.15, -0.1) is 0 Å². The van der Waals surface area contributed by atoms with Crippen molar-refractivity contribution in [3.8, 4) is 5.75 Å². The van der Waals surface area contributed by atoms with Gasteiger partial charge in [0.15, 0.2) is 0 Å². The van der Waals surface area contributed by atoms with Crippen molar-refractivity contribution in [1.82, 2.24) is 5.48 Å². The Morgan fingerprint density at radius 1 is 1.50 bits per heavy atom. The van der Waals surface area contributed by atoms with Crippen molar-refractivity contribution in [3.05, 3.63) is 29.3 Å². The highest BCUT2D eigenvalue weighted by atomic mass is 16.6. The molecule has 1 heterocycles. The van der Waals surface area contributed by atoms with E-state index in [4.69, 9.17) is 9.57 Å². The maximum Gasteiger partial charge on any atom is 0.127 e. The minimum absolute atomic E-state index is 0.694. The van der Waals surface area contributed by atoms with Crippen LogP contribution in [0.2, 0.25) is 0 Å². The maximum atomic E-state index is 5.66. The summed E-state index contributed by atoms with van der Waals surface area (Å²) in [5.41, 5.74) is 5.32. The van der Waals surface area contributed by atoms with Crippen LogP contribution < -0.4 is 10.2 Å². The summed E-state index contributed by atoms with van der Waals surface area (Å²) in [5.74, 6) is 1.04. The number of nitrogens with one attached hydrogen (secondary N) is 1. The van der Waals surface area contributed by atoms with Gasteiger partial charge in [0.05, 0.1) is 13.7 Å². The van der Waals surface area contributed by atoms with Crippen LogP contribution in [0.4, 0.5) is 0 Å². The highest BCUT2D eigenvalue weighted by Gasteiger charge is 2.13. The zero-order valence-corrected chi connectivity index (χ0v) is 8.38. The van der Waals surface area contributed by atoms with Crippen molar-refractivity contribution in [3.63, 3.8) is 0 Å². The normalized spacial score (nSPS) is 14.6. The molecule has 0 saturated heterocycles. The van der Waals surface area contributed by atoms with Crippen LogP contribution in [0.25, 0.3) is 0 Å². The van der Waals surface area contributed by atoms with E-state index in [-0.39, 0.29) is 0 Å². The van der Waals surface area contributed by atoms with Crippen LogP contribution in [0.3, 0.4) is 0 Å². The molecule has 0 atom stereocenters. The molecule has 0 fully saturated rings. The van der Waals surface area contributed by atoms with E-state index in [0.717, 1.165) is 25.2 Å². The van der Waals surface area contributed by atoms with Gasteiger partial charge in [-0.05, 0) is 18.4 Å². The fourth-order valence-corrected chi connectivity index (χ4v) is 1.75. The third-order valence-electron chi connectivity index (χ3n) is 2.42. The second-order valence-corrected chi connectivity index (χ2v) is 3.38. The van der Waals surface area contributed by atoms with Crippen molar-refractivity contribution in [2.45, 2.75) is 19.4 Å². The van der Waals surface area contributed by atoms with Gasteiger partial charge in [0.1, 0.15) is 5.75 Å². The van der Waals surface area contributed by atoms with Crippen molar-refractivity contribution in [2.75, 3.05) is 13.7 Å². The number of hydrogen-bond acceptors (Lipinski definition) is 3. The van der Waals surface area contributed by atoms with Gasteiger partial charge in [-0.25, -0.2) is 0 Å². The first-order valence-electron chi connectivity index (χ1n) is 4.91. The zero-order valence-electron chi connectivity index (χ0n) is 8.38. The molecule has 14 heavy (non-hydrogen) atoms. The molecular weight excluding hydrogens is 178 g/mol. The van der Waals surface area contributed by atoms with E-state index >= 15 is 0 Å². The van der Waals surface area contributed by atoms with Gasteiger partial charge in [-0.2, -0.15) is 5.48 Å². The molecule has 0 saturated carbocycles. The Bertz CT molecular complexity index is 312. The molecular formula is C11H15NO2. The summed E-state index contributed by atoms with van der Waals surface area (Å²) in [5, 5.41) is 0. The smallest absolute Gasteiger partial charge is 0.127 e. The number of aryl methyl sites for hydroxylation is 1. The van der Waals surface area contributed by atoms with E-state index in [1.54, 1.807) is 7.11 Å². The summed E-state index contributed by atoms with van der Waals surface area (Å²) in [7, 11) is 1.62. The van der Waals surface area contributed by atoms with Gasteiger partial charge in [0, 0.05) is 12.1 Å². The molecule has 0 unspecified atom stereocenters. The average molecular weight is 193 g/mol. The molecule has 0 spiro atoms.